The normalized spacial score (nSPS) is 19.8. The van der Waals surface area contributed by atoms with Crippen LogP contribution in [0.3, 0.4) is 0 Å². The summed E-state index contributed by atoms with van der Waals surface area (Å²) in [6.45, 7) is 1.93. The summed E-state index contributed by atoms with van der Waals surface area (Å²) in [5, 5.41) is 1.91. The zero-order valence-corrected chi connectivity index (χ0v) is 17.2. The third-order valence-electron chi connectivity index (χ3n) is 4.45. The molecule has 2 unspecified atom stereocenters. The van der Waals surface area contributed by atoms with Crippen LogP contribution in [-0.4, -0.2) is 33.0 Å². The predicted octanol–water partition coefficient (Wildman–Crippen LogP) is 3.44. The lowest BCUT2D eigenvalue weighted by molar-refractivity contribution is -0.151. The first kappa shape index (κ1) is 20.3. The Morgan fingerprint density at radius 3 is 2.71 bits per heavy atom. The van der Waals surface area contributed by atoms with Crippen LogP contribution in [0.4, 0.5) is 5.69 Å². The van der Waals surface area contributed by atoms with Crippen LogP contribution >= 0.6 is 11.3 Å². The Labute approximate surface area is 168 Å². The van der Waals surface area contributed by atoms with Crippen LogP contribution < -0.4 is 4.72 Å². The van der Waals surface area contributed by atoms with E-state index in [1.54, 1.807) is 25.1 Å². The van der Waals surface area contributed by atoms with Crippen LogP contribution in [0.15, 0.2) is 47.9 Å². The second-order valence-electron chi connectivity index (χ2n) is 6.58. The Hall–Kier alpha value is -2.45. The zero-order chi connectivity index (χ0) is 20.3. The van der Waals surface area contributed by atoms with Crippen molar-refractivity contribution in [3.63, 3.8) is 0 Å². The van der Waals surface area contributed by atoms with Crippen molar-refractivity contribution in [2.75, 3.05) is 17.6 Å². The van der Waals surface area contributed by atoms with Gasteiger partial charge in [0.25, 0.3) is 0 Å². The van der Waals surface area contributed by atoms with Crippen molar-refractivity contribution >= 4 is 44.4 Å². The molecule has 0 spiro atoms. The van der Waals surface area contributed by atoms with Gasteiger partial charge in [0.1, 0.15) is 5.92 Å². The van der Waals surface area contributed by atoms with Gasteiger partial charge in [0.15, 0.2) is 5.78 Å². The van der Waals surface area contributed by atoms with Gasteiger partial charge in [-0.2, -0.15) is 0 Å². The molecule has 1 aromatic carbocycles. The molecule has 148 valence electrons. The van der Waals surface area contributed by atoms with Crippen molar-refractivity contribution in [3.8, 4) is 0 Å². The van der Waals surface area contributed by atoms with Crippen molar-refractivity contribution in [1.82, 2.24) is 0 Å². The van der Waals surface area contributed by atoms with E-state index in [4.69, 9.17) is 4.74 Å². The molecular formula is C20H21NO5S2. The highest BCUT2D eigenvalue weighted by Gasteiger charge is 2.40. The topological polar surface area (TPSA) is 89.5 Å². The molecule has 8 heteroatoms. The van der Waals surface area contributed by atoms with Crippen LogP contribution in [0.1, 0.15) is 29.7 Å². The quantitative estimate of drug-likeness (QED) is 0.572. The van der Waals surface area contributed by atoms with E-state index in [1.165, 1.54) is 17.4 Å². The third kappa shape index (κ3) is 4.69. The zero-order valence-electron chi connectivity index (χ0n) is 15.5. The van der Waals surface area contributed by atoms with Gasteiger partial charge in [-0.1, -0.05) is 18.2 Å². The molecule has 1 aromatic heterocycles. The largest absolute Gasteiger partial charge is 0.465 e. The molecule has 0 saturated heterocycles. The number of rotatable bonds is 6. The summed E-state index contributed by atoms with van der Waals surface area (Å²) in [7, 11) is -3.40. The number of thiophene rings is 1. The first-order valence-electron chi connectivity index (χ1n) is 8.81. The second-order valence-corrected chi connectivity index (χ2v) is 9.31. The van der Waals surface area contributed by atoms with Gasteiger partial charge in [0.05, 0.1) is 12.9 Å². The number of nitrogens with one attached hydrogen (secondary N) is 1. The van der Waals surface area contributed by atoms with E-state index in [0.29, 0.717) is 12.1 Å². The van der Waals surface area contributed by atoms with E-state index >= 15 is 0 Å². The van der Waals surface area contributed by atoms with Gasteiger partial charge in [-0.05, 0) is 54.1 Å². The number of hydrogen-bond acceptors (Lipinski definition) is 6. The third-order valence-corrected chi connectivity index (χ3v) is 6.06. The minimum absolute atomic E-state index is 0.218. The summed E-state index contributed by atoms with van der Waals surface area (Å²) in [4.78, 5) is 26.2. The van der Waals surface area contributed by atoms with E-state index in [9.17, 15) is 18.0 Å². The van der Waals surface area contributed by atoms with Gasteiger partial charge in [0, 0.05) is 16.5 Å². The van der Waals surface area contributed by atoms with Crippen molar-refractivity contribution in [3.05, 3.63) is 58.3 Å². The molecule has 2 aromatic rings. The van der Waals surface area contributed by atoms with E-state index in [-0.39, 0.29) is 18.3 Å². The van der Waals surface area contributed by atoms with Crippen LogP contribution in [0.2, 0.25) is 0 Å². The maximum atomic E-state index is 12.8. The van der Waals surface area contributed by atoms with Gasteiger partial charge < -0.3 is 4.74 Å². The second kappa shape index (κ2) is 8.28. The van der Waals surface area contributed by atoms with Crippen LogP contribution in [0.5, 0.6) is 0 Å². The highest BCUT2D eigenvalue weighted by atomic mass is 32.2. The lowest BCUT2D eigenvalue weighted by Gasteiger charge is -2.28. The summed E-state index contributed by atoms with van der Waals surface area (Å²) >= 11 is 1.50. The molecule has 3 rings (SSSR count). The van der Waals surface area contributed by atoms with Crippen LogP contribution in [0, 0.1) is 5.92 Å². The van der Waals surface area contributed by atoms with Crippen LogP contribution in [-0.2, 0) is 24.3 Å². The van der Waals surface area contributed by atoms with Crippen molar-refractivity contribution < 1.29 is 22.7 Å². The summed E-state index contributed by atoms with van der Waals surface area (Å²) in [6.07, 6.45) is 3.04. The lowest BCUT2D eigenvalue weighted by Crippen LogP contribution is -2.33. The van der Waals surface area contributed by atoms with Crippen molar-refractivity contribution in [1.29, 1.82) is 0 Å². The Morgan fingerprint density at radius 2 is 2.07 bits per heavy atom. The SMILES string of the molecule is CCOC(=O)C1C(=O)C=C(c2cccc(NS(C)(=O)=O)c2)CC1c1cccs1. The van der Waals surface area contributed by atoms with Gasteiger partial charge in [0.2, 0.25) is 10.0 Å². The molecule has 2 atom stereocenters. The molecule has 6 nitrogen and oxygen atoms in total. The molecule has 1 heterocycles. The minimum atomic E-state index is -3.40. The Morgan fingerprint density at radius 1 is 1.29 bits per heavy atom. The minimum Gasteiger partial charge on any atom is -0.465 e. The Kier molecular flexibility index (Phi) is 6.00. The molecule has 0 radical (unpaired) electrons. The summed E-state index contributed by atoms with van der Waals surface area (Å²) in [5.41, 5.74) is 1.93. The average Bonchev–Trinajstić information content (AvgIpc) is 3.14. The molecule has 1 aliphatic carbocycles. The van der Waals surface area contributed by atoms with E-state index in [1.807, 2.05) is 23.6 Å². The number of carbonyl (C=O) groups excluding carboxylic acids is 2. The number of sulfonamides is 1. The number of esters is 1. The molecule has 28 heavy (non-hydrogen) atoms. The molecule has 0 amide bonds. The van der Waals surface area contributed by atoms with E-state index < -0.39 is 21.9 Å². The highest BCUT2D eigenvalue weighted by Crippen LogP contribution is 2.42. The molecule has 0 bridgehead atoms. The fourth-order valence-electron chi connectivity index (χ4n) is 3.35. The molecule has 1 N–H and O–H groups in total. The van der Waals surface area contributed by atoms with Crippen LogP contribution in [0.25, 0.3) is 5.57 Å². The number of ether oxygens (including phenoxy) is 1. The number of benzene rings is 1. The molecule has 0 saturated carbocycles. The number of allylic oxidation sites excluding steroid dienone is 2. The monoisotopic (exact) mass is 419 g/mol. The molecule has 0 aliphatic heterocycles. The Bertz CT molecular complexity index is 1010. The smallest absolute Gasteiger partial charge is 0.317 e. The lowest BCUT2D eigenvalue weighted by atomic mass is 9.76. The highest BCUT2D eigenvalue weighted by molar-refractivity contribution is 7.92. The fraction of sp³-hybridized carbons (Fsp3) is 0.300. The average molecular weight is 420 g/mol. The number of hydrogen-bond donors (Lipinski definition) is 1. The van der Waals surface area contributed by atoms with Gasteiger partial charge >= 0.3 is 5.97 Å². The maximum Gasteiger partial charge on any atom is 0.317 e. The maximum absolute atomic E-state index is 12.8. The van der Waals surface area contributed by atoms with Gasteiger partial charge in [-0.15, -0.1) is 11.3 Å². The summed E-state index contributed by atoms with van der Waals surface area (Å²) < 4.78 is 30.6. The first-order chi connectivity index (χ1) is 13.3. The number of carbonyl (C=O) groups is 2. The number of ketones is 1. The van der Waals surface area contributed by atoms with Gasteiger partial charge in [-0.3, -0.25) is 14.3 Å². The van der Waals surface area contributed by atoms with Gasteiger partial charge in [-0.25, -0.2) is 8.42 Å². The Balaban J connectivity index is 1.97. The molecular weight excluding hydrogens is 398 g/mol. The summed E-state index contributed by atoms with van der Waals surface area (Å²) in [6, 6.07) is 10.7. The van der Waals surface area contributed by atoms with Crippen molar-refractivity contribution in [2.24, 2.45) is 5.92 Å². The number of anilines is 1. The fourth-order valence-corrected chi connectivity index (χ4v) is 4.77. The molecule has 0 fully saturated rings. The van der Waals surface area contributed by atoms with E-state index in [2.05, 4.69) is 4.72 Å². The first-order valence-corrected chi connectivity index (χ1v) is 11.6. The van der Waals surface area contributed by atoms with E-state index in [0.717, 1.165) is 22.3 Å². The van der Waals surface area contributed by atoms with Crippen molar-refractivity contribution in [2.45, 2.75) is 19.3 Å². The standard InChI is InChI=1S/C20H21NO5S2/c1-3-26-20(23)19-16(18-8-5-9-27-18)11-14(12-17(19)22)13-6-4-7-15(10-13)21-28(2,24)25/h4-10,12,16,19,21H,3,11H2,1-2H3. The predicted molar refractivity (Wildman–Crippen MR) is 110 cm³/mol. The molecule has 1 aliphatic rings. The summed E-state index contributed by atoms with van der Waals surface area (Å²) in [5.74, 6) is -1.97.